The van der Waals surface area contributed by atoms with E-state index in [-0.39, 0.29) is 0 Å². The second-order valence-electron chi connectivity index (χ2n) is 10.4. The van der Waals surface area contributed by atoms with E-state index in [9.17, 15) is 0 Å². The van der Waals surface area contributed by atoms with Crippen LogP contribution in [-0.2, 0) is 0 Å². The smallest absolute Gasteiger partial charge is 0.0781 e. The van der Waals surface area contributed by atoms with Gasteiger partial charge >= 0.3 is 0 Å². The molecule has 40 heavy (non-hydrogen) atoms. The lowest BCUT2D eigenvalue weighted by Crippen LogP contribution is -2.02. The average Bonchev–Trinajstić information content (AvgIpc) is 3.03. The number of rotatable bonds is 3. The Hall–Kier alpha value is -5.27. The maximum atomic E-state index is 5.20. The van der Waals surface area contributed by atoms with E-state index >= 15 is 0 Å². The molecule has 0 saturated heterocycles. The average molecular weight is 508 g/mol. The van der Waals surface area contributed by atoms with Crippen molar-refractivity contribution in [2.45, 2.75) is 0 Å². The zero-order valence-electron chi connectivity index (χ0n) is 21.9. The van der Waals surface area contributed by atoms with Gasteiger partial charge in [-0.25, -0.2) is 4.99 Å². The van der Waals surface area contributed by atoms with Crippen molar-refractivity contribution in [3.05, 3.63) is 163 Å². The van der Waals surface area contributed by atoms with Crippen LogP contribution >= 0.6 is 0 Å². The quantitative estimate of drug-likeness (QED) is 0.167. The highest BCUT2D eigenvalue weighted by molar-refractivity contribution is 6.32. The summed E-state index contributed by atoms with van der Waals surface area (Å²) >= 11 is 0. The van der Waals surface area contributed by atoms with E-state index in [0.29, 0.717) is 0 Å². The van der Waals surface area contributed by atoms with E-state index < -0.39 is 0 Å². The summed E-state index contributed by atoms with van der Waals surface area (Å²) in [7, 11) is 0. The van der Waals surface area contributed by atoms with Crippen molar-refractivity contribution >= 4 is 65.3 Å². The Morgan fingerprint density at radius 3 is 1.45 bits per heavy atom. The summed E-state index contributed by atoms with van der Waals surface area (Å²) in [6.07, 6.45) is 0. The summed E-state index contributed by atoms with van der Waals surface area (Å²) in [6.45, 7) is 0. The lowest BCUT2D eigenvalue weighted by molar-refractivity contribution is 1.49. The highest BCUT2D eigenvalue weighted by Gasteiger charge is 2.12. The highest BCUT2D eigenvalue weighted by Crippen LogP contribution is 2.40. The molecule has 0 aliphatic rings. The van der Waals surface area contributed by atoms with Gasteiger partial charge in [-0.1, -0.05) is 140 Å². The van der Waals surface area contributed by atoms with E-state index in [4.69, 9.17) is 4.99 Å². The van der Waals surface area contributed by atoms with Crippen molar-refractivity contribution in [1.29, 1.82) is 0 Å². The third kappa shape index (κ3) is 3.67. The third-order valence-electron chi connectivity index (χ3n) is 8.01. The number of benzene rings is 8. The van der Waals surface area contributed by atoms with Crippen LogP contribution in [0.3, 0.4) is 0 Å². The molecule has 0 N–H and O–H groups in total. The molecule has 0 saturated carbocycles. The number of hydrogen-bond acceptors (Lipinski definition) is 1. The normalized spacial score (nSPS) is 11.5. The number of hydrogen-bond donors (Lipinski definition) is 0. The predicted molar refractivity (Wildman–Crippen MR) is 172 cm³/mol. The Bertz CT molecular complexity index is 2190. The maximum absolute atomic E-state index is 5.20. The summed E-state index contributed by atoms with van der Waals surface area (Å²) in [5, 5.41) is 12.8. The molecule has 1 heteroatoms. The molecule has 0 heterocycles. The van der Waals surface area contributed by atoms with E-state index in [1.165, 1.54) is 53.9 Å². The fraction of sp³-hybridized carbons (Fsp3) is 0. The molecule has 1 nitrogen and oxygen atoms in total. The Labute approximate surface area is 232 Å². The molecule has 186 valence electrons. The molecule has 0 aliphatic heterocycles. The van der Waals surface area contributed by atoms with Crippen molar-refractivity contribution in [3.63, 3.8) is 0 Å². The largest absolute Gasteiger partial charge is 0.248 e. The SMILES string of the molecule is c1ccc(C(=Nc2ccc3c(ccc4ccc5ccc6ccc7ccccc7c6c5c43)c2)c2ccccc2)cc1. The molecule has 0 aromatic heterocycles. The minimum absolute atomic E-state index is 0.949. The van der Waals surface area contributed by atoms with Gasteiger partial charge in [0.25, 0.3) is 0 Å². The second-order valence-corrected chi connectivity index (χ2v) is 10.4. The van der Waals surface area contributed by atoms with Crippen LogP contribution in [-0.4, -0.2) is 5.71 Å². The molecular formula is C39H25N. The lowest BCUT2D eigenvalue weighted by Gasteiger charge is -2.13. The van der Waals surface area contributed by atoms with Gasteiger partial charge in [-0.05, 0) is 66.0 Å². The van der Waals surface area contributed by atoms with Crippen LogP contribution in [0.1, 0.15) is 11.1 Å². The summed E-state index contributed by atoms with van der Waals surface area (Å²) in [6, 6.07) is 54.2. The van der Waals surface area contributed by atoms with Gasteiger partial charge in [0, 0.05) is 11.1 Å². The molecule has 0 unspecified atom stereocenters. The van der Waals surface area contributed by atoms with Crippen molar-refractivity contribution in [3.8, 4) is 0 Å². The summed E-state index contributed by atoms with van der Waals surface area (Å²) < 4.78 is 0. The number of aliphatic imine (C=N–C) groups is 1. The molecule has 0 aliphatic carbocycles. The molecule has 0 atom stereocenters. The third-order valence-corrected chi connectivity index (χ3v) is 8.01. The first-order valence-electron chi connectivity index (χ1n) is 13.7. The van der Waals surface area contributed by atoms with E-state index in [0.717, 1.165) is 22.5 Å². The van der Waals surface area contributed by atoms with Gasteiger partial charge in [0.15, 0.2) is 0 Å². The van der Waals surface area contributed by atoms with Crippen LogP contribution in [0.4, 0.5) is 5.69 Å². The summed E-state index contributed by atoms with van der Waals surface area (Å²) in [4.78, 5) is 5.20. The first-order chi connectivity index (χ1) is 19.8. The minimum Gasteiger partial charge on any atom is -0.248 e. The second kappa shape index (κ2) is 9.18. The van der Waals surface area contributed by atoms with Crippen LogP contribution in [0.2, 0.25) is 0 Å². The van der Waals surface area contributed by atoms with E-state index in [2.05, 4.69) is 140 Å². The minimum atomic E-state index is 0.949. The summed E-state index contributed by atoms with van der Waals surface area (Å²) in [5.74, 6) is 0. The van der Waals surface area contributed by atoms with Crippen molar-refractivity contribution in [2.24, 2.45) is 4.99 Å². The van der Waals surface area contributed by atoms with Gasteiger partial charge in [0.2, 0.25) is 0 Å². The molecular weight excluding hydrogens is 482 g/mol. The van der Waals surface area contributed by atoms with Gasteiger partial charge in [-0.2, -0.15) is 0 Å². The molecule has 8 aromatic carbocycles. The summed E-state index contributed by atoms with van der Waals surface area (Å²) in [5.41, 5.74) is 4.14. The van der Waals surface area contributed by atoms with Gasteiger partial charge in [0.05, 0.1) is 11.4 Å². The van der Waals surface area contributed by atoms with Crippen molar-refractivity contribution < 1.29 is 0 Å². The fourth-order valence-corrected chi connectivity index (χ4v) is 6.14. The van der Waals surface area contributed by atoms with Crippen LogP contribution in [0, 0.1) is 0 Å². The molecule has 0 fully saturated rings. The monoisotopic (exact) mass is 507 g/mol. The first kappa shape index (κ1) is 22.7. The molecule has 0 spiro atoms. The Morgan fingerprint density at radius 2 is 0.825 bits per heavy atom. The van der Waals surface area contributed by atoms with Crippen molar-refractivity contribution in [2.75, 3.05) is 0 Å². The predicted octanol–water partition coefficient (Wildman–Crippen LogP) is 10.6. The number of nitrogens with zero attached hydrogens (tertiary/aromatic N) is 1. The Balaban J connectivity index is 1.42. The number of fused-ring (bicyclic) bond motifs is 9. The molecule has 0 bridgehead atoms. The molecule has 8 aromatic rings. The zero-order chi connectivity index (χ0) is 26.5. The maximum Gasteiger partial charge on any atom is 0.0781 e. The molecule has 8 rings (SSSR count). The van der Waals surface area contributed by atoms with Gasteiger partial charge in [-0.3, -0.25) is 0 Å². The standard InChI is InChI=1S/C39H25N/c1-3-10-30(11-4-1)39(31-12-5-2-6-13-31)40-33-23-24-35-32(25-33)22-21-28-18-20-29-19-17-27-16-15-26-9-7-8-14-34(26)36(27)38(29)37(28)35/h1-25H. The lowest BCUT2D eigenvalue weighted by atomic mass is 9.90. The van der Waals surface area contributed by atoms with Gasteiger partial charge in [-0.15, -0.1) is 0 Å². The fourth-order valence-electron chi connectivity index (χ4n) is 6.14. The van der Waals surface area contributed by atoms with E-state index in [1.54, 1.807) is 0 Å². The zero-order valence-corrected chi connectivity index (χ0v) is 21.9. The Morgan fingerprint density at radius 1 is 0.350 bits per heavy atom. The highest BCUT2D eigenvalue weighted by atomic mass is 14.7. The molecule has 0 amide bonds. The van der Waals surface area contributed by atoms with E-state index in [1.807, 2.05) is 12.1 Å². The first-order valence-corrected chi connectivity index (χ1v) is 13.7. The Kier molecular flexibility index (Phi) is 5.21. The van der Waals surface area contributed by atoms with Gasteiger partial charge < -0.3 is 0 Å². The topological polar surface area (TPSA) is 12.4 Å². The van der Waals surface area contributed by atoms with Gasteiger partial charge in [0.1, 0.15) is 0 Å². The van der Waals surface area contributed by atoms with Crippen LogP contribution in [0.25, 0.3) is 53.9 Å². The molecule has 0 radical (unpaired) electrons. The van der Waals surface area contributed by atoms with Crippen LogP contribution in [0.15, 0.2) is 157 Å². The van der Waals surface area contributed by atoms with Crippen LogP contribution in [0.5, 0.6) is 0 Å². The van der Waals surface area contributed by atoms with Crippen LogP contribution < -0.4 is 0 Å². The van der Waals surface area contributed by atoms with Crippen molar-refractivity contribution in [1.82, 2.24) is 0 Å².